The summed E-state index contributed by atoms with van der Waals surface area (Å²) in [7, 11) is 0. The molecule has 0 radical (unpaired) electrons. The van der Waals surface area contributed by atoms with Crippen molar-refractivity contribution >= 4 is 29.0 Å². The normalized spacial score (nSPS) is 10.9. The number of thiazole rings is 1. The molecular weight excluding hydrogens is 431 g/mol. The molecule has 0 unspecified atom stereocenters. The maximum Gasteiger partial charge on any atom is 0.252 e. The molecule has 2 heterocycles. The van der Waals surface area contributed by atoms with Gasteiger partial charge in [0.1, 0.15) is 11.6 Å². The second kappa shape index (κ2) is 9.45. The summed E-state index contributed by atoms with van der Waals surface area (Å²) in [6.45, 7) is 4.04. The van der Waals surface area contributed by atoms with Gasteiger partial charge < -0.3 is 9.88 Å². The van der Waals surface area contributed by atoms with Gasteiger partial charge in [-0.3, -0.25) is 4.79 Å². The average molecular weight is 453 g/mol. The van der Waals surface area contributed by atoms with Crippen molar-refractivity contribution in [2.45, 2.75) is 31.0 Å². The van der Waals surface area contributed by atoms with Gasteiger partial charge in [-0.2, -0.15) is 0 Å². The molecule has 0 spiro atoms. The third-order valence-corrected chi connectivity index (χ3v) is 6.65. The largest absolute Gasteiger partial charge is 0.348 e. The molecule has 1 N–H and O–H groups in total. The number of aryl methyl sites for hydroxylation is 2. The molecule has 0 saturated heterocycles. The minimum absolute atomic E-state index is 0.188. The Labute approximate surface area is 188 Å². The van der Waals surface area contributed by atoms with Crippen molar-refractivity contribution in [2.75, 3.05) is 0 Å². The summed E-state index contributed by atoms with van der Waals surface area (Å²) < 4.78 is 16.3. The van der Waals surface area contributed by atoms with Crippen LogP contribution in [0.2, 0.25) is 0 Å². The number of hydrogen-bond donors (Lipinski definition) is 1. The number of amides is 1. The number of halogens is 1. The van der Waals surface area contributed by atoms with Crippen LogP contribution in [0.3, 0.4) is 0 Å². The van der Waals surface area contributed by atoms with E-state index in [1.165, 1.54) is 6.07 Å². The Morgan fingerprint density at radius 3 is 2.77 bits per heavy atom. The zero-order chi connectivity index (χ0) is 21.8. The molecule has 0 aliphatic heterocycles. The van der Waals surface area contributed by atoms with Crippen molar-refractivity contribution in [3.8, 4) is 5.69 Å². The van der Waals surface area contributed by atoms with Gasteiger partial charge in [-0.1, -0.05) is 18.2 Å². The molecule has 0 saturated carbocycles. The van der Waals surface area contributed by atoms with Crippen LogP contribution in [-0.2, 0) is 12.3 Å². The lowest BCUT2D eigenvalue weighted by Crippen LogP contribution is -2.23. The van der Waals surface area contributed by atoms with Gasteiger partial charge in [0.25, 0.3) is 5.91 Å². The fraction of sp³-hybridized carbons (Fsp3) is 0.174. The number of aromatic nitrogens is 3. The highest BCUT2D eigenvalue weighted by molar-refractivity contribution is 7.98. The topological polar surface area (TPSA) is 59.8 Å². The Hall–Kier alpha value is -2.97. The molecular formula is C23H21FN4OS2. The number of carbonyl (C=O) groups is 1. The third kappa shape index (κ3) is 5.03. The van der Waals surface area contributed by atoms with Crippen LogP contribution in [0.1, 0.15) is 32.4 Å². The molecule has 5 nitrogen and oxygen atoms in total. The molecule has 2 aromatic carbocycles. The molecule has 2 aromatic heterocycles. The van der Waals surface area contributed by atoms with Crippen molar-refractivity contribution in [2.24, 2.45) is 0 Å². The zero-order valence-electron chi connectivity index (χ0n) is 17.1. The fourth-order valence-corrected chi connectivity index (χ4v) is 4.83. The second-order valence-electron chi connectivity index (χ2n) is 6.96. The first-order chi connectivity index (χ1) is 15.0. The first kappa shape index (κ1) is 21.3. The van der Waals surface area contributed by atoms with Gasteiger partial charge in [0.2, 0.25) is 0 Å². The predicted molar refractivity (Wildman–Crippen MR) is 122 cm³/mol. The van der Waals surface area contributed by atoms with Crippen LogP contribution in [0.4, 0.5) is 4.39 Å². The summed E-state index contributed by atoms with van der Waals surface area (Å²) in [6.07, 6.45) is 3.35. The molecule has 0 atom stereocenters. The lowest BCUT2D eigenvalue weighted by molar-refractivity contribution is 0.0948. The Bertz CT molecular complexity index is 1220. The van der Waals surface area contributed by atoms with E-state index in [1.54, 1.807) is 52.2 Å². The summed E-state index contributed by atoms with van der Waals surface area (Å²) >= 11 is 3.20. The highest BCUT2D eigenvalue weighted by Crippen LogP contribution is 2.27. The molecule has 4 aromatic rings. The Balaban J connectivity index is 1.42. The van der Waals surface area contributed by atoms with Gasteiger partial charge in [0.15, 0.2) is 0 Å². The Kier molecular flexibility index (Phi) is 6.48. The van der Waals surface area contributed by atoms with Crippen LogP contribution in [0.15, 0.2) is 65.1 Å². The number of benzene rings is 2. The summed E-state index contributed by atoms with van der Waals surface area (Å²) in [6, 6.07) is 12.4. The van der Waals surface area contributed by atoms with Gasteiger partial charge in [-0.05, 0) is 43.7 Å². The van der Waals surface area contributed by atoms with E-state index in [2.05, 4.69) is 15.3 Å². The molecule has 1 amide bonds. The number of hydrogen-bond acceptors (Lipinski definition) is 5. The lowest BCUT2D eigenvalue weighted by Gasteiger charge is -2.11. The van der Waals surface area contributed by atoms with E-state index in [0.29, 0.717) is 28.4 Å². The first-order valence-corrected chi connectivity index (χ1v) is 11.6. The maximum atomic E-state index is 14.6. The van der Waals surface area contributed by atoms with Crippen molar-refractivity contribution in [1.82, 2.24) is 19.9 Å². The molecule has 4 rings (SSSR count). The SMILES string of the molecule is Cc1nc(CSc2ccccc2C(=O)NCc2ccc(-n3ccnc3C)c(F)c2)cs1. The highest BCUT2D eigenvalue weighted by atomic mass is 32.2. The van der Waals surface area contributed by atoms with Gasteiger partial charge in [0, 0.05) is 35.0 Å². The second-order valence-corrected chi connectivity index (χ2v) is 9.03. The van der Waals surface area contributed by atoms with E-state index in [0.717, 1.165) is 15.6 Å². The van der Waals surface area contributed by atoms with E-state index in [-0.39, 0.29) is 18.3 Å². The maximum absolute atomic E-state index is 14.6. The number of imidazole rings is 1. The van der Waals surface area contributed by atoms with Crippen LogP contribution in [0, 0.1) is 19.7 Å². The molecule has 0 aliphatic rings. The number of nitrogens with zero attached hydrogens (tertiary/aromatic N) is 3. The average Bonchev–Trinajstić information content (AvgIpc) is 3.38. The summed E-state index contributed by atoms with van der Waals surface area (Å²) in [5.41, 5.74) is 2.73. The van der Waals surface area contributed by atoms with Crippen LogP contribution in [-0.4, -0.2) is 20.4 Å². The van der Waals surface area contributed by atoms with E-state index in [4.69, 9.17) is 0 Å². The fourth-order valence-electron chi connectivity index (χ4n) is 3.17. The smallest absolute Gasteiger partial charge is 0.252 e. The zero-order valence-corrected chi connectivity index (χ0v) is 18.8. The number of rotatable bonds is 7. The van der Waals surface area contributed by atoms with Gasteiger partial charge in [-0.15, -0.1) is 23.1 Å². The lowest BCUT2D eigenvalue weighted by atomic mass is 10.1. The molecule has 158 valence electrons. The van der Waals surface area contributed by atoms with E-state index < -0.39 is 0 Å². The van der Waals surface area contributed by atoms with Crippen LogP contribution >= 0.6 is 23.1 Å². The van der Waals surface area contributed by atoms with Crippen LogP contribution in [0.5, 0.6) is 0 Å². The number of carbonyl (C=O) groups excluding carboxylic acids is 1. The minimum atomic E-state index is -0.359. The van der Waals surface area contributed by atoms with Gasteiger partial charge >= 0.3 is 0 Å². The molecule has 0 aliphatic carbocycles. The Morgan fingerprint density at radius 1 is 1.23 bits per heavy atom. The van der Waals surface area contributed by atoms with Crippen LogP contribution < -0.4 is 5.32 Å². The molecule has 0 fully saturated rings. The van der Waals surface area contributed by atoms with Crippen molar-refractivity contribution in [3.05, 3.63) is 93.7 Å². The summed E-state index contributed by atoms with van der Waals surface area (Å²) in [5.74, 6) is 0.867. The standard InChI is InChI=1S/C23H21FN4OS2/c1-15-25-9-10-28(15)21-8-7-17(11-20(21)24)12-26-23(29)19-5-3-4-6-22(19)31-14-18-13-30-16(2)27-18/h3-11,13H,12,14H2,1-2H3,(H,26,29). The van der Waals surface area contributed by atoms with E-state index in [1.807, 2.05) is 43.5 Å². The first-order valence-electron chi connectivity index (χ1n) is 9.71. The molecule has 31 heavy (non-hydrogen) atoms. The quantitative estimate of drug-likeness (QED) is 0.386. The molecule has 8 heteroatoms. The summed E-state index contributed by atoms with van der Waals surface area (Å²) in [4.78, 5) is 22.3. The summed E-state index contributed by atoms with van der Waals surface area (Å²) in [5, 5.41) is 5.97. The third-order valence-electron chi connectivity index (χ3n) is 4.72. The monoisotopic (exact) mass is 452 g/mol. The minimum Gasteiger partial charge on any atom is -0.348 e. The number of thioether (sulfide) groups is 1. The van der Waals surface area contributed by atoms with Crippen molar-refractivity contribution in [1.29, 1.82) is 0 Å². The Morgan fingerprint density at radius 2 is 2.06 bits per heavy atom. The van der Waals surface area contributed by atoms with Crippen molar-refractivity contribution in [3.63, 3.8) is 0 Å². The molecule has 0 bridgehead atoms. The highest BCUT2D eigenvalue weighted by Gasteiger charge is 2.13. The van der Waals surface area contributed by atoms with E-state index in [9.17, 15) is 9.18 Å². The van der Waals surface area contributed by atoms with E-state index >= 15 is 0 Å². The van der Waals surface area contributed by atoms with Gasteiger partial charge in [-0.25, -0.2) is 14.4 Å². The van der Waals surface area contributed by atoms with Crippen LogP contribution in [0.25, 0.3) is 5.69 Å². The van der Waals surface area contributed by atoms with Crippen molar-refractivity contribution < 1.29 is 9.18 Å². The van der Waals surface area contributed by atoms with Gasteiger partial charge in [0.05, 0.1) is 22.0 Å². The number of nitrogens with one attached hydrogen (secondary N) is 1. The predicted octanol–water partition coefficient (Wildman–Crippen LogP) is 5.31.